The minimum absolute atomic E-state index is 0.452. The Morgan fingerprint density at radius 3 is 2.13 bits per heavy atom. The maximum atomic E-state index is 12.1. The maximum Gasteiger partial charge on any atom is 0.313 e. The Morgan fingerprint density at radius 1 is 0.870 bits per heavy atom. The van der Waals surface area contributed by atoms with Crippen LogP contribution in [0.2, 0.25) is 0 Å². The second-order valence-electron chi connectivity index (χ2n) is 6.07. The van der Waals surface area contributed by atoms with Crippen molar-refractivity contribution in [1.29, 1.82) is 0 Å². The summed E-state index contributed by atoms with van der Waals surface area (Å²) in [5.74, 6) is -1.31. The fourth-order valence-corrected chi connectivity index (χ4v) is 2.77. The summed E-state index contributed by atoms with van der Waals surface area (Å²) in [5.41, 5.74) is 0.169. The fourth-order valence-electron chi connectivity index (χ4n) is 1.85. The fraction of sp³-hybridized carbons (Fsp3) is 0.222. The molecule has 0 aliphatic heterocycles. The van der Waals surface area contributed by atoms with Gasteiger partial charge in [-0.15, -0.1) is 0 Å². The van der Waals surface area contributed by atoms with Crippen LogP contribution < -0.4 is 10.6 Å². The standard InChI is InChI=1S/C18H20N2O2S/c1-18(2,3)20-17(22)16(21)19-14-11-7-8-12-15(14)23-13-9-5-4-6-10-13/h4-12H,1-3H3,(H,19,21)(H,20,22). The van der Waals surface area contributed by atoms with Crippen molar-refractivity contribution in [2.75, 3.05) is 5.32 Å². The first kappa shape index (κ1) is 17.1. The Bertz CT molecular complexity index is 694. The van der Waals surface area contributed by atoms with Crippen molar-refractivity contribution >= 4 is 29.3 Å². The van der Waals surface area contributed by atoms with Gasteiger partial charge >= 0.3 is 11.8 Å². The molecule has 0 unspecified atom stereocenters. The Balaban J connectivity index is 2.11. The van der Waals surface area contributed by atoms with Gasteiger partial charge in [-0.25, -0.2) is 0 Å². The van der Waals surface area contributed by atoms with Gasteiger partial charge in [-0.3, -0.25) is 9.59 Å². The van der Waals surface area contributed by atoms with E-state index in [4.69, 9.17) is 0 Å². The molecule has 0 aromatic heterocycles. The molecule has 2 aromatic rings. The first-order chi connectivity index (χ1) is 10.8. The third-order valence-corrected chi connectivity index (χ3v) is 3.88. The summed E-state index contributed by atoms with van der Waals surface area (Å²) >= 11 is 1.53. The van der Waals surface area contributed by atoms with Crippen molar-refractivity contribution < 1.29 is 9.59 Å². The molecule has 5 heteroatoms. The zero-order valence-corrected chi connectivity index (χ0v) is 14.2. The van der Waals surface area contributed by atoms with E-state index in [2.05, 4.69) is 10.6 Å². The van der Waals surface area contributed by atoms with E-state index in [1.165, 1.54) is 11.8 Å². The lowest BCUT2D eigenvalue weighted by atomic mass is 10.1. The molecular weight excluding hydrogens is 308 g/mol. The van der Waals surface area contributed by atoms with Crippen LogP contribution in [0.25, 0.3) is 0 Å². The van der Waals surface area contributed by atoms with Crippen LogP contribution in [0.1, 0.15) is 20.8 Å². The van der Waals surface area contributed by atoms with Gasteiger partial charge < -0.3 is 10.6 Å². The van der Waals surface area contributed by atoms with Crippen LogP contribution in [0.4, 0.5) is 5.69 Å². The molecular formula is C18H20N2O2S. The van der Waals surface area contributed by atoms with E-state index in [0.29, 0.717) is 5.69 Å². The molecule has 0 radical (unpaired) electrons. The number of rotatable bonds is 3. The van der Waals surface area contributed by atoms with Gasteiger partial charge in [0.05, 0.1) is 5.69 Å². The number of nitrogens with one attached hydrogen (secondary N) is 2. The van der Waals surface area contributed by atoms with Gasteiger partial charge in [-0.1, -0.05) is 42.1 Å². The highest BCUT2D eigenvalue weighted by molar-refractivity contribution is 7.99. The van der Waals surface area contributed by atoms with Gasteiger partial charge in [0.25, 0.3) is 0 Å². The molecule has 2 aromatic carbocycles. The van der Waals surface area contributed by atoms with E-state index in [9.17, 15) is 9.59 Å². The molecule has 0 aliphatic carbocycles. The molecule has 0 saturated carbocycles. The molecule has 0 aliphatic rings. The van der Waals surface area contributed by atoms with Crippen molar-refractivity contribution in [3.63, 3.8) is 0 Å². The highest BCUT2D eigenvalue weighted by Gasteiger charge is 2.21. The molecule has 2 N–H and O–H groups in total. The quantitative estimate of drug-likeness (QED) is 0.845. The van der Waals surface area contributed by atoms with Crippen LogP contribution >= 0.6 is 11.8 Å². The largest absolute Gasteiger partial charge is 0.343 e. The van der Waals surface area contributed by atoms with Crippen molar-refractivity contribution in [3.05, 3.63) is 54.6 Å². The zero-order chi connectivity index (χ0) is 16.9. The summed E-state index contributed by atoms with van der Waals surface area (Å²) in [7, 11) is 0. The predicted molar refractivity (Wildman–Crippen MR) is 93.5 cm³/mol. The average Bonchev–Trinajstić information content (AvgIpc) is 2.48. The lowest BCUT2D eigenvalue weighted by Crippen LogP contribution is -2.46. The second-order valence-corrected chi connectivity index (χ2v) is 7.18. The Morgan fingerprint density at radius 2 is 1.48 bits per heavy atom. The number of carbonyl (C=O) groups is 2. The number of anilines is 1. The zero-order valence-electron chi connectivity index (χ0n) is 13.4. The van der Waals surface area contributed by atoms with E-state index in [1.54, 1.807) is 6.07 Å². The maximum absolute atomic E-state index is 12.1. The monoisotopic (exact) mass is 328 g/mol. The van der Waals surface area contributed by atoms with E-state index in [1.807, 2.05) is 69.3 Å². The average molecular weight is 328 g/mol. The molecule has 0 atom stereocenters. The minimum atomic E-state index is -0.666. The van der Waals surface area contributed by atoms with Crippen molar-refractivity contribution in [2.24, 2.45) is 0 Å². The number of para-hydroxylation sites is 1. The summed E-state index contributed by atoms with van der Waals surface area (Å²) in [5, 5.41) is 5.33. The normalized spacial score (nSPS) is 10.9. The van der Waals surface area contributed by atoms with Gasteiger partial charge in [-0.05, 0) is 45.0 Å². The Labute approximate surface area is 140 Å². The molecule has 0 fully saturated rings. The van der Waals surface area contributed by atoms with E-state index in [0.717, 1.165) is 9.79 Å². The smallest absolute Gasteiger partial charge is 0.313 e. The molecule has 120 valence electrons. The first-order valence-corrected chi connectivity index (χ1v) is 8.12. The summed E-state index contributed by atoms with van der Waals surface area (Å²) in [4.78, 5) is 25.9. The molecule has 0 heterocycles. The van der Waals surface area contributed by atoms with Gasteiger partial charge in [0, 0.05) is 15.3 Å². The van der Waals surface area contributed by atoms with Crippen LogP contribution in [0, 0.1) is 0 Å². The third kappa shape index (κ3) is 5.45. The van der Waals surface area contributed by atoms with E-state index in [-0.39, 0.29) is 0 Å². The summed E-state index contributed by atoms with van der Waals surface area (Å²) in [6, 6.07) is 17.3. The Hall–Kier alpha value is -2.27. The molecule has 23 heavy (non-hydrogen) atoms. The number of amides is 2. The number of hydrogen-bond donors (Lipinski definition) is 2. The van der Waals surface area contributed by atoms with Crippen LogP contribution in [0.15, 0.2) is 64.4 Å². The summed E-state index contributed by atoms with van der Waals surface area (Å²) in [6.45, 7) is 5.49. The van der Waals surface area contributed by atoms with Crippen LogP contribution in [0.3, 0.4) is 0 Å². The van der Waals surface area contributed by atoms with Crippen molar-refractivity contribution in [2.45, 2.75) is 36.1 Å². The Kier molecular flexibility index (Phi) is 5.45. The summed E-state index contributed by atoms with van der Waals surface area (Å²) < 4.78 is 0. The van der Waals surface area contributed by atoms with Crippen LogP contribution in [-0.4, -0.2) is 17.4 Å². The molecule has 0 saturated heterocycles. The van der Waals surface area contributed by atoms with Gasteiger partial charge in [0.15, 0.2) is 0 Å². The highest BCUT2D eigenvalue weighted by atomic mass is 32.2. The van der Waals surface area contributed by atoms with Gasteiger partial charge in [-0.2, -0.15) is 0 Å². The molecule has 2 amide bonds. The minimum Gasteiger partial charge on any atom is -0.343 e. The van der Waals surface area contributed by atoms with Gasteiger partial charge in [0.2, 0.25) is 0 Å². The number of hydrogen-bond acceptors (Lipinski definition) is 3. The van der Waals surface area contributed by atoms with E-state index >= 15 is 0 Å². The highest BCUT2D eigenvalue weighted by Crippen LogP contribution is 2.33. The van der Waals surface area contributed by atoms with Gasteiger partial charge in [0.1, 0.15) is 0 Å². The molecule has 0 bridgehead atoms. The number of carbonyl (C=O) groups excluding carboxylic acids is 2. The second kappa shape index (κ2) is 7.33. The predicted octanol–water partition coefficient (Wildman–Crippen LogP) is 3.69. The van der Waals surface area contributed by atoms with Crippen molar-refractivity contribution in [1.82, 2.24) is 5.32 Å². The topological polar surface area (TPSA) is 58.2 Å². The molecule has 4 nitrogen and oxygen atoms in total. The van der Waals surface area contributed by atoms with Crippen LogP contribution in [0.5, 0.6) is 0 Å². The van der Waals surface area contributed by atoms with Crippen molar-refractivity contribution in [3.8, 4) is 0 Å². The first-order valence-electron chi connectivity index (χ1n) is 7.30. The van der Waals surface area contributed by atoms with Crippen LogP contribution in [-0.2, 0) is 9.59 Å². The lowest BCUT2D eigenvalue weighted by molar-refractivity contribution is -0.137. The SMILES string of the molecule is CC(C)(C)NC(=O)C(=O)Nc1ccccc1Sc1ccccc1. The number of benzene rings is 2. The van der Waals surface area contributed by atoms with E-state index < -0.39 is 17.4 Å². The molecule has 0 spiro atoms. The lowest BCUT2D eigenvalue weighted by Gasteiger charge is -2.20. The third-order valence-electron chi connectivity index (χ3n) is 2.80. The summed E-state index contributed by atoms with van der Waals surface area (Å²) in [6.07, 6.45) is 0. The molecule has 2 rings (SSSR count).